The molecule has 0 amide bonds. The summed E-state index contributed by atoms with van der Waals surface area (Å²) in [5.74, 6) is 0.409. The van der Waals surface area contributed by atoms with E-state index in [0.717, 1.165) is 24.1 Å². The number of guanidine groups is 1. The molecular weight excluding hydrogens is 345 g/mol. The van der Waals surface area contributed by atoms with Crippen LogP contribution in [0.1, 0.15) is 18.1 Å². The average molecular weight is 373 g/mol. The number of aliphatic hydroxyl groups excluding tert-OH is 1. The van der Waals surface area contributed by atoms with Gasteiger partial charge in [-0.3, -0.25) is 4.99 Å². The molecule has 6 heteroatoms. The maximum Gasteiger partial charge on any atom is 0.191 e. The summed E-state index contributed by atoms with van der Waals surface area (Å²) in [6.07, 6.45) is 0.0919. The maximum absolute atomic E-state index is 12.9. The predicted molar refractivity (Wildman–Crippen MR) is 106 cm³/mol. The number of nitrogens with zero attached hydrogens (tertiary/aromatic N) is 1. The molecule has 1 unspecified atom stereocenters. The van der Waals surface area contributed by atoms with Crippen molar-refractivity contribution in [2.24, 2.45) is 4.99 Å². The molecule has 0 aromatic heterocycles. The van der Waals surface area contributed by atoms with Crippen LogP contribution in [-0.4, -0.2) is 43.4 Å². The zero-order valence-corrected chi connectivity index (χ0v) is 15.7. The van der Waals surface area contributed by atoms with Crippen molar-refractivity contribution in [1.29, 1.82) is 0 Å². The average Bonchev–Trinajstić information content (AvgIpc) is 2.68. The van der Waals surface area contributed by atoms with Crippen LogP contribution in [0.4, 0.5) is 4.39 Å². The van der Waals surface area contributed by atoms with E-state index in [2.05, 4.69) is 15.6 Å². The molecule has 146 valence electrons. The molecule has 5 nitrogen and oxygen atoms in total. The lowest BCUT2D eigenvalue weighted by atomic mass is 10.1. The first kappa shape index (κ1) is 20.9. The van der Waals surface area contributed by atoms with E-state index in [1.54, 1.807) is 12.1 Å². The highest BCUT2D eigenvalue weighted by Gasteiger charge is 2.05. The van der Waals surface area contributed by atoms with Crippen molar-refractivity contribution < 1.29 is 14.2 Å². The van der Waals surface area contributed by atoms with Crippen LogP contribution in [-0.2, 0) is 17.8 Å². The predicted octanol–water partition coefficient (Wildman–Crippen LogP) is 2.50. The minimum Gasteiger partial charge on any atom is -0.389 e. The third-order valence-corrected chi connectivity index (χ3v) is 3.85. The molecule has 2 aromatic carbocycles. The quantitative estimate of drug-likeness (QED) is 0.442. The summed E-state index contributed by atoms with van der Waals surface area (Å²) in [6, 6.07) is 16.3. The fourth-order valence-electron chi connectivity index (χ4n) is 2.45. The SMILES string of the molecule is CCNC(=NCC(O)COCc1ccccc1)NCCc1ccc(F)cc1. The summed E-state index contributed by atoms with van der Waals surface area (Å²) in [7, 11) is 0. The minimum atomic E-state index is -0.665. The van der Waals surface area contributed by atoms with Gasteiger partial charge >= 0.3 is 0 Å². The van der Waals surface area contributed by atoms with Crippen LogP contribution < -0.4 is 10.6 Å². The Balaban J connectivity index is 1.70. The minimum absolute atomic E-state index is 0.230. The molecular formula is C21H28FN3O2. The molecule has 0 aliphatic heterocycles. The summed E-state index contributed by atoms with van der Waals surface area (Å²) in [5.41, 5.74) is 2.12. The lowest BCUT2D eigenvalue weighted by Crippen LogP contribution is -2.39. The Morgan fingerprint density at radius 1 is 1.07 bits per heavy atom. The highest BCUT2D eigenvalue weighted by atomic mass is 19.1. The lowest BCUT2D eigenvalue weighted by Gasteiger charge is -2.13. The normalized spacial score (nSPS) is 12.6. The van der Waals surface area contributed by atoms with E-state index in [-0.39, 0.29) is 19.0 Å². The number of nitrogens with one attached hydrogen (secondary N) is 2. The number of aliphatic hydroxyl groups is 1. The number of hydrogen-bond donors (Lipinski definition) is 3. The second-order valence-electron chi connectivity index (χ2n) is 6.18. The van der Waals surface area contributed by atoms with Crippen molar-refractivity contribution in [2.75, 3.05) is 26.2 Å². The van der Waals surface area contributed by atoms with E-state index < -0.39 is 6.10 Å². The Morgan fingerprint density at radius 3 is 2.52 bits per heavy atom. The fraction of sp³-hybridized carbons (Fsp3) is 0.381. The monoisotopic (exact) mass is 373 g/mol. The molecule has 2 rings (SSSR count). The van der Waals surface area contributed by atoms with Crippen LogP contribution in [0.5, 0.6) is 0 Å². The zero-order chi connectivity index (χ0) is 19.3. The smallest absolute Gasteiger partial charge is 0.191 e. The van der Waals surface area contributed by atoms with E-state index in [4.69, 9.17) is 4.74 Å². The Hall–Kier alpha value is -2.44. The molecule has 0 aliphatic carbocycles. The van der Waals surface area contributed by atoms with Gasteiger partial charge in [-0.05, 0) is 36.6 Å². The highest BCUT2D eigenvalue weighted by Crippen LogP contribution is 2.03. The van der Waals surface area contributed by atoms with Gasteiger partial charge in [-0.2, -0.15) is 0 Å². The standard InChI is InChI=1S/C21H28FN3O2/c1-2-23-21(24-13-12-17-8-10-19(22)11-9-17)25-14-20(26)16-27-15-18-6-4-3-5-7-18/h3-11,20,26H,2,12-16H2,1H3,(H2,23,24,25). The zero-order valence-electron chi connectivity index (χ0n) is 15.7. The van der Waals surface area contributed by atoms with Crippen LogP contribution in [0.15, 0.2) is 59.6 Å². The number of ether oxygens (including phenoxy) is 1. The van der Waals surface area contributed by atoms with Gasteiger partial charge in [-0.1, -0.05) is 42.5 Å². The topological polar surface area (TPSA) is 65.9 Å². The first-order chi connectivity index (χ1) is 13.2. The van der Waals surface area contributed by atoms with Crippen molar-refractivity contribution in [1.82, 2.24) is 10.6 Å². The summed E-state index contributed by atoms with van der Waals surface area (Å²) < 4.78 is 18.5. The summed E-state index contributed by atoms with van der Waals surface area (Å²) >= 11 is 0. The van der Waals surface area contributed by atoms with E-state index in [0.29, 0.717) is 19.1 Å². The van der Waals surface area contributed by atoms with E-state index in [1.807, 2.05) is 37.3 Å². The molecule has 0 heterocycles. The van der Waals surface area contributed by atoms with Crippen LogP contribution in [0.25, 0.3) is 0 Å². The maximum atomic E-state index is 12.9. The van der Waals surface area contributed by atoms with Crippen molar-refractivity contribution in [3.8, 4) is 0 Å². The van der Waals surface area contributed by atoms with Gasteiger partial charge in [0, 0.05) is 13.1 Å². The summed E-state index contributed by atoms with van der Waals surface area (Å²) in [4.78, 5) is 4.39. The molecule has 0 bridgehead atoms. The molecule has 27 heavy (non-hydrogen) atoms. The van der Waals surface area contributed by atoms with Gasteiger partial charge < -0.3 is 20.5 Å². The molecule has 2 aromatic rings. The first-order valence-electron chi connectivity index (χ1n) is 9.23. The number of halogens is 1. The van der Waals surface area contributed by atoms with E-state index >= 15 is 0 Å². The van der Waals surface area contributed by atoms with Crippen LogP contribution in [0.3, 0.4) is 0 Å². The summed E-state index contributed by atoms with van der Waals surface area (Å²) in [6.45, 7) is 4.32. The molecule has 0 saturated carbocycles. The van der Waals surface area contributed by atoms with Crippen molar-refractivity contribution in [3.63, 3.8) is 0 Å². The largest absolute Gasteiger partial charge is 0.389 e. The number of hydrogen-bond acceptors (Lipinski definition) is 3. The van der Waals surface area contributed by atoms with E-state index in [9.17, 15) is 9.50 Å². The van der Waals surface area contributed by atoms with Gasteiger partial charge in [0.1, 0.15) is 5.82 Å². The highest BCUT2D eigenvalue weighted by molar-refractivity contribution is 5.79. The van der Waals surface area contributed by atoms with Gasteiger partial charge in [0.15, 0.2) is 5.96 Å². The summed E-state index contributed by atoms with van der Waals surface area (Å²) in [5, 5.41) is 16.4. The van der Waals surface area contributed by atoms with Crippen molar-refractivity contribution in [2.45, 2.75) is 26.1 Å². The Kier molecular flexibility index (Phi) is 9.30. The van der Waals surface area contributed by atoms with Crippen molar-refractivity contribution in [3.05, 3.63) is 71.5 Å². The number of aliphatic imine (C=N–C) groups is 1. The number of rotatable bonds is 10. The molecule has 1 atom stereocenters. The van der Waals surface area contributed by atoms with Gasteiger partial charge in [0.05, 0.1) is 25.9 Å². The molecule has 0 fully saturated rings. The third kappa shape index (κ3) is 8.66. The molecule has 3 N–H and O–H groups in total. The molecule has 0 spiro atoms. The van der Waals surface area contributed by atoms with Crippen LogP contribution >= 0.6 is 0 Å². The van der Waals surface area contributed by atoms with Crippen molar-refractivity contribution >= 4 is 5.96 Å². The second kappa shape index (κ2) is 12.0. The van der Waals surface area contributed by atoms with Gasteiger partial charge in [-0.15, -0.1) is 0 Å². The third-order valence-electron chi connectivity index (χ3n) is 3.85. The Morgan fingerprint density at radius 2 is 1.81 bits per heavy atom. The van der Waals surface area contributed by atoms with Crippen LogP contribution in [0, 0.1) is 5.82 Å². The van der Waals surface area contributed by atoms with Gasteiger partial charge in [-0.25, -0.2) is 4.39 Å². The second-order valence-corrected chi connectivity index (χ2v) is 6.18. The lowest BCUT2D eigenvalue weighted by molar-refractivity contribution is 0.0331. The first-order valence-corrected chi connectivity index (χ1v) is 9.23. The molecule has 0 saturated heterocycles. The Labute approximate surface area is 160 Å². The van der Waals surface area contributed by atoms with Crippen LogP contribution in [0.2, 0.25) is 0 Å². The number of benzene rings is 2. The Bertz CT molecular complexity index is 678. The van der Waals surface area contributed by atoms with Gasteiger partial charge in [0.2, 0.25) is 0 Å². The molecule has 0 radical (unpaired) electrons. The van der Waals surface area contributed by atoms with E-state index in [1.165, 1.54) is 12.1 Å². The van der Waals surface area contributed by atoms with Gasteiger partial charge in [0.25, 0.3) is 0 Å². The fourth-order valence-corrected chi connectivity index (χ4v) is 2.45. The molecule has 0 aliphatic rings.